The molecular weight excluding hydrogens is 314 g/mol. The zero-order valence-electron chi connectivity index (χ0n) is 13.5. The van der Waals surface area contributed by atoms with Crippen LogP contribution in [-0.2, 0) is 6.42 Å². The van der Waals surface area contributed by atoms with Crippen LogP contribution in [0.4, 0.5) is 0 Å². The van der Waals surface area contributed by atoms with E-state index in [1.165, 1.54) is 5.56 Å². The van der Waals surface area contributed by atoms with E-state index in [0.29, 0.717) is 11.6 Å². The Balaban J connectivity index is 1.66. The minimum atomic E-state index is 0.619. The van der Waals surface area contributed by atoms with Crippen LogP contribution in [0.2, 0.25) is 5.02 Å². The smallest absolute Gasteiger partial charge is 0.160 e. The summed E-state index contributed by atoms with van der Waals surface area (Å²) in [4.78, 5) is 0. The zero-order valence-corrected chi connectivity index (χ0v) is 14.2. The molecule has 23 heavy (non-hydrogen) atoms. The van der Waals surface area contributed by atoms with Crippen molar-refractivity contribution in [1.82, 2.24) is 5.32 Å². The van der Waals surface area contributed by atoms with Crippen LogP contribution in [0.5, 0.6) is 17.2 Å². The van der Waals surface area contributed by atoms with Gasteiger partial charge in [-0.25, -0.2) is 0 Å². The second-order valence-corrected chi connectivity index (χ2v) is 5.43. The van der Waals surface area contributed by atoms with Gasteiger partial charge in [-0.3, -0.25) is 0 Å². The molecule has 0 aliphatic rings. The van der Waals surface area contributed by atoms with Gasteiger partial charge in [-0.15, -0.1) is 0 Å². The first kappa shape index (κ1) is 17.4. The quantitative estimate of drug-likeness (QED) is 0.711. The Hall–Kier alpha value is -1.91. The predicted molar refractivity (Wildman–Crippen MR) is 93.1 cm³/mol. The van der Waals surface area contributed by atoms with Gasteiger partial charge in [0.25, 0.3) is 0 Å². The number of hydrogen-bond donors (Lipinski definition) is 1. The van der Waals surface area contributed by atoms with Crippen LogP contribution in [0.3, 0.4) is 0 Å². The lowest BCUT2D eigenvalue weighted by Crippen LogP contribution is -2.23. The first-order valence-electron chi connectivity index (χ1n) is 7.53. The molecule has 2 rings (SSSR count). The number of nitrogens with one attached hydrogen (secondary N) is 1. The molecule has 0 amide bonds. The molecular formula is C18H22ClNO3. The minimum absolute atomic E-state index is 0.619. The van der Waals surface area contributed by atoms with Crippen LogP contribution < -0.4 is 19.5 Å². The molecule has 0 saturated carbocycles. The van der Waals surface area contributed by atoms with E-state index >= 15 is 0 Å². The van der Waals surface area contributed by atoms with Gasteiger partial charge >= 0.3 is 0 Å². The topological polar surface area (TPSA) is 39.7 Å². The third kappa shape index (κ3) is 5.66. The van der Waals surface area contributed by atoms with E-state index in [2.05, 4.69) is 5.32 Å². The summed E-state index contributed by atoms with van der Waals surface area (Å²) in [5, 5.41) is 4.07. The minimum Gasteiger partial charge on any atom is -0.493 e. The van der Waals surface area contributed by atoms with E-state index in [4.69, 9.17) is 25.8 Å². The van der Waals surface area contributed by atoms with Gasteiger partial charge in [-0.05, 0) is 54.9 Å². The van der Waals surface area contributed by atoms with Crippen molar-refractivity contribution in [1.29, 1.82) is 0 Å². The standard InChI is InChI=1S/C18H22ClNO3/c1-21-17-8-3-14(13-18(17)22-2)9-10-20-11-12-23-16-6-4-15(19)5-7-16/h3-8,13,20H,9-12H2,1-2H3. The van der Waals surface area contributed by atoms with Crippen molar-refractivity contribution in [2.75, 3.05) is 33.9 Å². The van der Waals surface area contributed by atoms with E-state index in [-0.39, 0.29) is 0 Å². The van der Waals surface area contributed by atoms with Crippen molar-refractivity contribution in [3.05, 3.63) is 53.1 Å². The number of ether oxygens (including phenoxy) is 3. The van der Waals surface area contributed by atoms with Crippen molar-refractivity contribution in [2.45, 2.75) is 6.42 Å². The lowest BCUT2D eigenvalue weighted by atomic mass is 10.1. The molecule has 2 aromatic rings. The summed E-state index contributed by atoms with van der Waals surface area (Å²) >= 11 is 5.83. The Morgan fingerprint density at radius 2 is 1.65 bits per heavy atom. The second-order valence-electron chi connectivity index (χ2n) is 4.99. The molecule has 0 aliphatic heterocycles. The van der Waals surface area contributed by atoms with Gasteiger partial charge in [-0.1, -0.05) is 17.7 Å². The molecule has 0 atom stereocenters. The Morgan fingerprint density at radius 3 is 2.35 bits per heavy atom. The fourth-order valence-corrected chi connectivity index (χ4v) is 2.29. The number of halogens is 1. The zero-order chi connectivity index (χ0) is 16.5. The number of hydrogen-bond acceptors (Lipinski definition) is 4. The van der Waals surface area contributed by atoms with Crippen LogP contribution in [0.15, 0.2) is 42.5 Å². The van der Waals surface area contributed by atoms with E-state index in [0.717, 1.165) is 36.8 Å². The maximum Gasteiger partial charge on any atom is 0.160 e. The molecule has 0 aromatic heterocycles. The van der Waals surface area contributed by atoms with Crippen molar-refractivity contribution < 1.29 is 14.2 Å². The Labute approximate surface area is 142 Å². The van der Waals surface area contributed by atoms with Crippen LogP contribution in [0.25, 0.3) is 0 Å². The maximum atomic E-state index is 5.83. The molecule has 1 N–H and O–H groups in total. The summed E-state index contributed by atoms with van der Waals surface area (Å²) in [7, 11) is 3.29. The monoisotopic (exact) mass is 335 g/mol. The van der Waals surface area contributed by atoms with Gasteiger partial charge in [0.2, 0.25) is 0 Å². The van der Waals surface area contributed by atoms with Gasteiger partial charge in [0.05, 0.1) is 14.2 Å². The number of benzene rings is 2. The van der Waals surface area contributed by atoms with Crippen LogP contribution in [0.1, 0.15) is 5.56 Å². The van der Waals surface area contributed by atoms with E-state index in [1.807, 2.05) is 42.5 Å². The van der Waals surface area contributed by atoms with E-state index in [9.17, 15) is 0 Å². The largest absolute Gasteiger partial charge is 0.493 e. The summed E-state index contributed by atoms with van der Waals surface area (Å²) in [5.74, 6) is 2.34. The third-order valence-electron chi connectivity index (χ3n) is 3.40. The molecule has 4 nitrogen and oxygen atoms in total. The molecule has 0 aliphatic carbocycles. The van der Waals surface area contributed by atoms with Gasteiger partial charge < -0.3 is 19.5 Å². The molecule has 0 fully saturated rings. The van der Waals surface area contributed by atoms with Crippen molar-refractivity contribution in [3.63, 3.8) is 0 Å². The Kier molecular flexibility index (Phi) is 7.04. The van der Waals surface area contributed by atoms with Gasteiger partial charge in [0.1, 0.15) is 12.4 Å². The SMILES string of the molecule is COc1ccc(CCNCCOc2ccc(Cl)cc2)cc1OC. The average molecular weight is 336 g/mol. The Bertz CT molecular complexity index is 602. The summed E-state index contributed by atoms with van der Waals surface area (Å²) < 4.78 is 16.2. The van der Waals surface area contributed by atoms with E-state index < -0.39 is 0 Å². The summed E-state index contributed by atoms with van der Waals surface area (Å²) in [5.41, 5.74) is 1.20. The molecule has 124 valence electrons. The molecule has 5 heteroatoms. The lowest BCUT2D eigenvalue weighted by molar-refractivity contribution is 0.314. The molecule has 0 saturated heterocycles. The van der Waals surface area contributed by atoms with Gasteiger partial charge in [0.15, 0.2) is 11.5 Å². The molecule has 0 heterocycles. The third-order valence-corrected chi connectivity index (χ3v) is 3.65. The first-order valence-corrected chi connectivity index (χ1v) is 7.90. The van der Waals surface area contributed by atoms with Crippen molar-refractivity contribution >= 4 is 11.6 Å². The fraction of sp³-hybridized carbons (Fsp3) is 0.333. The predicted octanol–water partition coefficient (Wildman–Crippen LogP) is 3.57. The Morgan fingerprint density at radius 1 is 0.913 bits per heavy atom. The fourth-order valence-electron chi connectivity index (χ4n) is 2.17. The maximum absolute atomic E-state index is 5.83. The number of methoxy groups -OCH3 is 2. The van der Waals surface area contributed by atoms with Gasteiger partial charge in [-0.2, -0.15) is 0 Å². The highest BCUT2D eigenvalue weighted by Gasteiger charge is 2.04. The molecule has 0 unspecified atom stereocenters. The summed E-state index contributed by atoms with van der Waals surface area (Å²) in [6.07, 6.45) is 0.918. The highest BCUT2D eigenvalue weighted by Crippen LogP contribution is 2.27. The molecule has 0 bridgehead atoms. The highest BCUT2D eigenvalue weighted by atomic mass is 35.5. The van der Waals surface area contributed by atoms with E-state index in [1.54, 1.807) is 14.2 Å². The van der Waals surface area contributed by atoms with Crippen LogP contribution in [0, 0.1) is 0 Å². The van der Waals surface area contributed by atoms with Gasteiger partial charge in [0, 0.05) is 11.6 Å². The molecule has 2 aromatic carbocycles. The molecule has 0 radical (unpaired) electrons. The average Bonchev–Trinajstić information content (AvgIpc) is 2.59. The first-order chi connectivity index (χ1) is 11.2. The highest BCUT2D eigenvalue weighted by molar-refractivity contribution is 6.30. The van der Waals surface area contributed by atoms with Crippen molar-refractivity contribution in [3.8, 4) is 17.2 Å². The van der Waals surface area contributed by atoms with Crippen LogP contribution in [-0.4, -0.2) is 33.9 Å². The normalized spacial score (nSPS) is 10.4. The van der Waals surface area contributed by atoms with Crippen LogP contribution >= 0.6 is 11.6 Å². The second kappa shape index (κ2) is 9.28. The molecule has 0 spiro atoms. The summed E-state index contributed by atoms with van der Waals surface area (Å²) in [6.45, 7) is 2.28. The van der Waals surface area contributed by atoms with Crippen molar-refractivity contribution in [2.24, 2.45) is 0 Å². The summed E-state index contributed by atoms with van der Waals surface area (Å²) in [6, 6.07) is 13.4. The number of rotatable bonds is 9. The lowest BCUT2D eigenvalue weighted by Gasteiger charge is -2.10.